The molecule has 2 heterocycles. The minimum absolute atomic E-state index is 0.0799. The van der Waals surface area contributed by atoms with Crippen LogP contribution >= 0.6 is 0 Å². The van der Waals surface area contributed by atoms with Gasteiger partial charge >= 0.3 is 0 Å². The lowest BCUT2D eigenvalue weighted by atomic mass is 10.1. The first-order valence-electron chi connectivity index (χ1n) is 7.96. The first kappa shape index (κ1) is 15.1. The summed E-state index contributed by atoms with van der Waals surface area (Å²) in [5, 5.41) is 3.97. The molecular weight excluding hydrogens is 314 g/mol. The van der Waals surface area contributed by atoms with Crippen LogP contribution in [0.4, 0.5) is 0 Å². The molecule has 0 saturated heterocycles. The first-order chi connectivity index (χ1) is 12.2. The topological polar surface area (TPSA) is 74.8 Å². The van der Waals surface area contributed by atoms with Gasteiger partial charge in [0.05, 0.1) is 23.3 Å². The van der Waals surface area contributed by atoms with Crippen LogP contribution < -0.4 is 10.7 Å². The van der Waals surface area contributed by atoms with E-state index in [0.29, 0.717) is 33.9 Å². The van der Waals surface area contributed by atoms with Gasteiger partial charge in [0.1, 0.15) is 0 Å². The number of para-hydroxylation sites is 2. The zero-order valence-corrected chi connectivity index (χ0v) is 13.3. The molecule has 0 saturated carbocycles. The van der Waals surface area contributed by atoms with Crippen LogP contribution in [0, 0.1) is 0 Å². The lowest BCUT2D eigenvalue weighted by molar-refractivity contribution is 0.0952. The van der Waals surface area contributed by atoms with E-state index in [1.165, 1.54) is 0 Å². The number of rotatable bonds is 3. The van der Waals surface area contributed by atoms with Gasteiger partial charge in [0.15, 0.2) is 5.43 Å². The van der Waals surface area contributed by atoms with E-state index in [4.69, 9.17) is 0 Å². The van der Waals surface area contributed by atoms with Crippen LogP contribution in [0.1, 0.15) is 16.1 Å². The minimum Gasteiger partial charge on any atom is -0.354 e. The average Bonchev–Trinajstić information content (AvgIpc) is 2.67. The van der Waals surface area contributed by atoms with Crippen LogP contribution in [0.2, 0.25) is 0 Å². The molecule has 122 valence electrons. The first-order valence-corrected chi connectivity index (χ1v) is 7.96. The molecule has 0 fully saturated rings. The number of nitrogens with one attached hydrogen (secondary N) is 2. The van der Waals surface area contributed by atoms with Crippen LogP contribution in [0.25, 0.3) is 21.8 Å². The Labute approximate surface area is 143 Å². The number of nitrogens with zero attached hydrogens (tertiary/aromatic N) is 1. The molecule has 5 nitrogen and oxygen atoms in total. The molecule has 2 aromatic heterocycles. The van der Waals surface area contributed by atoms with Gasteiger partial charge in [0.25, 0.3) is 5.91 Å². The fraction of sp³-hybridized carbons (Fsp3) is 0.0500. The Bertz CT molecular complexity index is 1130. The van der Waals surface area contributed by atoms with E-state index in [-0.39, 0.29) is 11.3 Å². The van der Waals surface area contributed by atoms with E-state index in [1.807, 2.05) is 36.4 Å². The van der Waals surface area contributed by atoms with E-state index >= 15 is 0 Å². The van der Waals surface area contributed by atoms with Gasteiger partial charge in [-0.3, -0.25) is 14.6 Å². The molecule has 2 aromatic carbocycles. The highest BCUT2D eigenvalue weighted by atomic mass is 16.1. The molecule has 1 amide bonds. The second-order valence-electron chi connectivity index (χ2n) is 5.73. The zero-order chi connectivity index (χ0) is 17.2. The van der Waals surface area contributed by atoms with Crippen molar-refractivity contribution in [2.24, 2.45) is 0 Å². The number of amides is 1. The van der Waals surface area contributed by atoms with E-state index in [9.17, 15) is 9.59 Å². The Balaban J connectivity index is 1.76. The molecule has 25 heavy (non-hydrogen) atoms. The quantitative estimate of drug-likeness (QED) is 0.567. The highest BCUT2D eigenvalue weighted by Gasteiger charge is 2.13. The van der Waals surface area contributed by atoms with Crippen molar-refractivity contribution in [1.29, 1.82) is 0 Å². The summed E-state index contributed by atoms with van der Waals surface area (Å²) >= 11 is 0. The lowest BCUT2D eigenvalue weighted by Gasteiger charge is -2.09. The van der Waals surface area contributed by atoms with Crippen LogP contribution in [0.3, 0.4) is 0 Å². The summed E-state index contributed by atoms with van der Waals surface area (Å²) in [6.07, 6.45) is 1.68. The maximum absolute atomic E-state index is 12.7. The van der Waals surface area contributed by atoms with Crippen LogP contribution in [-0.2, 0) is 6.54 Å². The van der Waals surface area contributed by atoms with Crippen molar-refractivity contribution in [3.05, 3.63) is 88.3 Å². The summed E-state index contributed by atoms with van der Waals surface area (Å²) < 4.78 is 0. The maximum Gasteiger partial charge on any atom is 0.253 e. The molecule has 0 unspecified atom stereocenters. The molecule has 0 aliphatic rings. The smallest absolute Gasteiger partial charge is 0.253 e. The van der Waals surface area contributed by atoms with E-state index in [2.05, 4.69) is 15.3 Å². The van der Waals surface area contributed by atoms with Crippen LogP contribution in [-0.4, -0.2) is 15.9 Å². The Morgan fingerprint density at radius 3 is 2.60 bits per heavy atom. The number of carbonyl (C=O) groups excluding carboxylic acids is 1. The molecular formula is C20H15N3O2. The number of carbonyl (C=O) groups is 1. The van der Waals surface area contributed by atoms with E-state index < -0.39 is 0 Å². The summed E-state index contributed by atoms with van der Waals surface area (Å²) in [5.41, 5.74) is 2.39. The third-order valence-corrected chi connectivity index (χ3v) is 4.14. The molecule has 0 bridgehead atoms. The monoisotopic (exact) mass is 329 g/mol. The third-order valence-electron chi connectivity index (χ3n) is 4.14. The number of hydrogen-bond donors (Lipinski definition) is 2. The average molecular weight is 329 g/mol. The predicted molar refractivity (Wildman–Crippen MR) is 97.5 cm³/mol. The fourth-order valence-corrected chi connectivity index (χ4v) is 2.90. The van der Waals surface area contributed by atoms with Gasteiger partial charge in [-0.25, -0.2) is 0 Å². The number of aromatic nitrogens is 2. The second kappa shape index (κ2) is 6.20. The van der Waals surface area contributed by atoms with Crippen molar-refractivity contribution in [2.45, 2.75) is 6.54 Å². The van der Waals surface area contributed by atoms with Gasteiger partial charge in [-0.05, 0) is 36.4 Å². The Morgan fingerprint density at radius 1 is 0.960 bits per heavy atom. The van der Waals surface area contributed by atoms with Crippen molar-refractivity contribution in [3.8, 4) is 0 Å². The predicted octanol–water partition coefficient (Wildman–Crippen LogP) is 3.01. The van der Waals surface area contributed by atoms with Crippen molar-refractivity contribution >= 4 is 27.7 Å². The summed E-state index contributed by atoms with van der Waals surface area (Å²) in [5.74, 6) is -0.248. The standard InChI is InChI=1S/C20H15N3O2/c24-19-14-7-1-2-10-17(14)23-18-15(19)8-5-9-16(18)20(25)22-12-13-6-3-4-11-21-13/h1-11H,12H2,(H,22,25)(H,23,24). The summed E-state index contributed by atoms with van der Waals surface area (Å²) in [4.78, 5) is 32.7. The Kier molecular flexibility index (Phi) is 3.74. The van der Waals surface area contributed by atoms with Crippen molar-refractivity contribution in [1.82, 2.24) is 15.3 Å². The second-order valence-corrected chi connectivity index (χ2v) is 5.73. The minimum atomic E-state index is -0.248. The summed E-state index contributed by atoms with van der Waals surface area (Å²) in [7, 11) is 0. The molecule has 0 aliphatic heterocycles. The van der Waals surface area contributed by atoms with Gasteiger partial charge in [0.2, 0.25) is 0 Å². The molecule has 0 aliphatic carbocycles. The highest BCUT2D eigenvalue weighted by molar-refractivity contribution is 6.07. The summed E-state index contributed by atoms with van der Waals surface area (Å²) in [6.45, 7) is 0.327. The number of aromatic amines is 1. The van der Waals surface area contributed by atoms with Crippen molar-refractivity contribution in [3.63, 3.8) is 0 Å². The molecule has 2 N–H and O–H groups in total. The molecule has 0 atom stereocenters. The van der Waals surface area contributed by atoms with Gasteiger partial charge in [-0.1, -0.05) is 24.3 Å². The summed E-state index contributed by atoms with van der Waals surface area (Å²) in [6, 6.07) is 18.0. The van der Waals surface area contributed by atoms with Crippen molar-refractivity contribution in [2.75, 3.05) is 0 Å². The number of H-pyrrole nitrogens is 1. The van der Waals surface area contributed by atoms with Crippen LogP contribution in [0.5, 0.6) is 0 Å². The maximum atomic E-state index is 12.7. The zero-order valence-electron chi connectivity index (χ0n) is 13.3. The largest absolute Gasteiger partial charge is 0.354 e. The number of fused-ring (bicyclic) bond motifs is 2. The molecule has 0 radical (unpaired) electrons. The fourth-order valence-electron chi connectivity index (χ4n) is 2.90. The van der Waals surface area contributed by atoms with Gasteiger partial charge in [-0.2, -0.15) is 0 Å². The number of pyridine rings is 2. The molecule has 0 spiro atoms. The number of benzene rings is 2. The lowest BCUT2D eigenvalue weighted by Crippen LogP contribution is -2.24. The molecule has 4 rings (SSSR count). The van der Waals surface area contributed by atoms with E-state index in [0.717, 1.165) is 5.69 Å². The van der Waals surface area contributed by atoms with Crippen LogP contribution in [0.15, 0.2) is 71.7 Å². The van der Waals surface area contributed by atoms with E-state index in [1.54, 1.807) is 30.5 Å². The Hall–Kier alpha value is -3.47. The Morgan fingerprint density at radius 2 is 1.76 bits per heavy atom. The molecule has 4 aromatic rings. The van der Waals surface area contributed by atoms with Crippen molar-refractivity contribution < 1.29 is 4.79 Å². The van der Waals surface area contributed by atoms with Gasteiger partial charge in [0, 0.05) is 22.5 Å². The SMILES string of the molecule is O=C(NCc1ccccn1)c1cccc2c(=O)c3ccccc3[nH]c12. The van der Waals surface area contributed by atoms with Gasteiger partial charge in [-0.15, -0.1) is 0 Å². The highest BCUT2D eigenvalue weighted by Crippen LogP contribution is 2.18. The number of hydrogen-bond acceptors (Lipinski definition) is 3. The normalized spacial score (nSPS) is 10.9. The molecule has 5 heteroatoms. The third kappa shape index (κ3) is 2.76. The van der Waals surface area contributed by atoms with Gasteiger partial charge < -0.3 is 10.3 Å².